The van der Waals surface area contributed by atoms with Crippen LogP contribution in [0.5, 0.6) is 0 Å². The second-order valence-corrected chi connectivity index (χ2v) is 7.28. The Kier molecular flexibility index (Phi) is 5.70. The number of rotatable bonds is 5. The van der Waals surface area contributed by atoms with Crippen LogP contribution in [0, 0.1) is 0 Å². The number of morpholine rings is 1. The number of likely N-dealkylation sites (tertiary alicyclic amines) is 1. The molecule has 5 nitrogen and oxygen atoms in total. The van der Waals surface area contributed by atoms with Gasteiger partial charge in [0.1, 0.15) is 0 Å². The molecule has 2 aliphatic heterocycles. The summed E-state index contributed by atoms with van der Waals surface area (Å²) in [5.41, 5.74) is 3.95. The second-order valence-electron chi connectivity index (χ2n) is 7.28. The van der Waals surface area contributed by atoms with Gasteiger partial charge in [0.05, 0.1) is 13.2 Å². The topological polar surface area (TPSA) is 44.8 Å². The van der Waals surface area contributed by atoms with Crippen molar-refractivity contribution in [1.82, 2.24) is 4.90 Å². The van der Waals surface area contributed by atoms with Gasteiger partial charge in [0.25, 0.3) is 5.91 Å². The zero-order valence-corrected chi connectivity index (χ0v) is 15.7. The zero-order valence-electron chi connectivity index (χ0n) is 15.7. The van der Waals surface area contributed by atoms with E-state index < -0.39 is 0 Å². The van der Waals surface area contributed by atoms with Crippen LogP contribution in [0.3, 0.4) is 0 Å². The molecule has 2 fully saturated rings. The highest BCUT2D eigenvalue weighted by Crippen LogP contribution is 2.19. The van der Waals surface area contributed by atoms with Crippen molar-refractivity contribution in [3.63, 3.8) is 0 Å². The van der Waals surface area contributed by atoms with Crippen LogP contribution in [0.15, 0.2) is 48.5 Å². The molecule has 0 bridgehead atoms. The van der Waals surface area contributed by atoms with E-state index in [2.05, 4.69) is 27.2 Å². The Hall–Kier alpha value is -2.37. The van der Waals surface area contributed by atoms with E-state index in [1.807, 2.05) is 36.4 Å². The second kappa shape index (κ2) is 8.55. The standard InChI is InChI=1S/C22H27N3O2/c26-22(19-5-9-21(10-6-19)25-13-15-27-16-14-25)23-20-7-3-18(4-8-20)17-24-11-1-2-12-24/h3-10H,1-2,11-17H2,(H,23,26). The minimum absolute atomic E-state index is 0.0733. The number of hydrogen-bond donors (Lipinski definition) is 1. The third-order valence-electron chi connectivity index (χ3n) is 5.32. The maximum Gasteiger partial charge on any atom is 0.255 e. The van der Waals surface area contributed by atoms with Gasteiger partial charge in [0.15, 0.2) is 0 Å². The molecule has 0 saturated carbocycles. The molecular formula is C22H27N3O2. The van der Waals surface area contributed by atoms with E-state index >= 15 is 0 Å². The minimum Gasteiger partial charge on any atom is -0.378 e. The van der Waals surface area contributed by atoms with Crippen molar-refractivity contribution >= 4 is 17.3 Å². The Labute approximate surface area is 160 Å². The van der Waals surface area contributed by atoms with E-state index in [1.165, 1.54) is 31.5 Å². The Bertz CT molecular complexity index is 746. The van der Waals surface area contributed by atoms with E-state index in [0.29, 0.717) is 5.56 Å². The molecule has 4 rings (SSSR count). The fourth-order valence-corrected chi connectivity index (χ4v) is 3.74. The number of benzene rings is 2. The highest BCUT2D eigenvalue weighted by molar-refractivity contribution is 6.04. The Morgan fingerprint density at radius 3 is 2.22 bits per heavy atom. The Morgan fingerprint density at radius 1 is 0.889 bits per heavy atom. The summed E-state index contributed by atoms with van der Waals surface area (Å²) in [4.78, 5) is 17.3. The van der Waals surface area contributed by atoms with Crippen molar-refractivity contribution in [3.05, 3.63) is 59.7 Å². The molecule has 0 unspecified atom stereocenters. The molecule has 0 aromatic heterocycles. The lowest BCUT2D eigenvalue weighted by Gasteiger charge is -2.28. The zero-order chi connectivity index (χ0) is 18.5. The number of anilines is 2. The SMILES string of the molecule is O=C(Nc1ccc(CN2CCCC2)cc1)c1ccc(N2CCOCC2)cc1. The lowest BCUT2D eigenvalue weighted by atomic mass is 10.1. The molecule has 0 radical (unpaired) electrons. The van der Waals surface area contributed by atoms with E-state index in [0.717, 1.165) is 44.2 Å². The summed E-state index contributed by atoms with van der Waals surface area (Å²) in [5, 5.41) is 2.99. The lowest BCUT2D eigenvalue weighted by Crippen LogP contribution is -2.36. The number of nitrogens with one attached hydrogen (secondary N) is 1. The van der Waals surface area contributed by atoms with Gasteiger partial charge in [-0.2, -0.15) is 0 Å². The molecule has 2 aliphatic rings. The summed E-state index contributed by atoms with van der Waals surface area (Å²) in [5.74, 6) is -0.0733. The van der Waals surface area contributed by atoms with Gasteiger partial charge >= 0.3 is 0 Å². The average Bonchev–Trinajstić information content (AvgIpc) is 3.23. The molecular weight excluding hydrogens is 338 g/mol. The van der Waals surface area contributed by atoms with Crippen molar-refractivity contribution in [2.24, 2.45) is 0 Å². The van der Waals surface area contributed by atoms with Crippen LogP contribution in [-0.2, 0) is 11.3 Å². The number of nitrogens with zero attached hydrogens (tertiary/aromatic N) is 2. The van der Waals surface area contributed by atoms with E-state index in [-0.39, 0.29) is 5.91 Å². The number of amides is 1. The van der Waals surface area contributed by atoms with Gasteiger partial charge in [-0.1, -0.05) is 12.1 Å². The number of hydrogen-bond acceptors (Lipinski definition) is 4. The first-order valence-electron chi connectivity index (χ1n) is 9.83. The van der Waals surface area contributed by atoms with Crippen LogP contribution in [0.2, 0.25) is 0 Å². The fraction of sp³-hybridized carbons (Fsp3) is 0.409. The molecule has 0 atom stereocenters. The third-order valence-corrected chi connectivity index (χ3v) is 5.32. The van der Waals surface area contributed by atoms with Gasteiger partial charge in [0, 0.05) is 36.6 Å². The number of carbonyl (C=O) groups is 1. The monoisotopic (exact) mass is 365 g/mol. The van der Waals surface area contributed by atoms with E-state index in [9.17, 15) is 4.79 Å². The molecule has 2 aromatic carbocycles. The van der Waals surface area contributed by atoms with Gasteiger partial charge in [-0.05, 0) is 67.9 Å². The van der Waals surface area contributed by atoms with Gasteiger partial charge in [-0.25, -0.2) is 0 Å². The molecule has 1 N–H and O–H groups in total. The summed E-state index contributed by atoms with van der Waals surface area (Å²) in [6.07, 6.45) is 2.61. The summed E-state index contributed by atoms with van der Waals surface area (Å²) < 4.78 is 5.39. The maximum absolute atomic E-state index is 12.5. The molecule has 1 amide bonds. The minimum atomic E-state index is -0.0733. The largest absolute Gasteiger partial charge is 0.378 e. The van der Waals surface area contributed by atoms with Crippen LogP contribution >= 0.6 is 0 Å². The summed E-state index contributed by atoms with van der Waals surface area (Å²) >= 11 is 0. The first kappa shape index (κ1) is 18.0. The van der Waals surface area contributed by atoms with Crippen molar-refractivity contribution < 1.29 is 9.53 Å². The van der Waals surface area contributed by atoms with E-state index in [4.69, 9.17) is 4.74 Å². The molecule has 142 valence electrons. The van der Waals surface area contributed by atoms with Crippen LogP contribution in [0.25, 0.3) is 0 Å². The third kappa shape index (κ3) is 4.67. The molecule has 27 heavy (non-hydrogen) atoms. The van der Waals surface area contributed by atoms with Crippen molar-refractivity contribution in [1.29, 1.82) is 0 Å². The first-order chi connectivity index (χ1) is 13.3. The normalized spacial score (nSPS) is 17.9. The highest BCUT2D eigenvalue weighted by Gasteiger charge is 2.13. The maximum atomic E-state index is 12.5. The number of carbonyl (C=O) groups excluding carboxylic acids is 1. The summed E-state index contributed by atoms with van der Waals surface area (Å²) in [7, 11) is 0. The average molecular weight is 365 g/mol. The molecule has 2 saturated heterocycles. The number of ether oxygens (including phenoxy) is 1. The van der Waals surface area contributed by atoms with Crippen LogP contribution in [0.1, 0.15) is 28.8 Å². The van der Waals surface area contributed by atoms with E-state index in [1.54, 1.807) is 0 Å². The lowest BCUT2D eigenvalue weighted by molar-refractivity contribution is 0.102. The summed E-state index contributed by atoms with van der Waals surface area (Å²) in [6, 6.07) is 16.0. The van der Waals surface area contributed by atoms with Crippen LogP contribution < -0.4 is 10.2 Å². The van der Waals surface area contributed by atoms with Crippen LogP contribution in [0.4, 0.5) is 11.4 Å². The predicted molar refractivity (Wildman–Crippen MR) is 108 cm³/mol. The molecule has 2 aromatic rings. The first-order valence-corrected chi connectivity index (χ1v) is 9.83. The molecule has 2 heterocycles. The van der Waals surface area contributed by atoms with Gasteiger partial charge in [0.2, 0.25) is 0 Å². The smallest absolute Gasteiger partial charge is 0.255 e. The molecule has 0 spiro atoms. The van der Waals surface area contributed by atoms with Gasteiger partial charge in [-0.3, -0.25) is 9.69 Å². The Balaban J connectivity index is 1.34. The van der Waals surface area contributed by atoms with Gasteiger partial charge < -0.3 is 15.0 Å². The molecule has 5 heteroatoms. The quantitative estimate of drug-likeness (QED) is 0.882. The van der Waals surface area contributed by atoms with Gasteiger partial charge in [-0.15, -0.1) is 0 Å². The fourth-order valence-electron chi connectivity index (χ4n) is 3.74. The highest BCUT2D eigenvalue weighted by atomic mass is 16.5. The Morgan fingerprint density at radius 2 is 1.56 bits per heavy atom. The predicted octanol–water partition coefficient (Wildman–Crippen LogP) is 3.37. The summed E-state index contributed by atoms with van der Waals surface area (Å²) in [6.45, 7) is 6.70. The molecule has 0 aliphatic carbocycles. The van der Waals surface area contributed by atoms with Crippen molar-refractivity contribution in [2.45, 2.75) is 19.4 Å². The van der Waals surface area contributed by atoms with Crippen molar-refractivity contribution in [2.75, 3.05) is 49.6 Å². The van der Waals surface area contributed by atoms with Crippen LogP contribution in [-0.4, -0.2) is 50.2 Å². The van der Waals surface area contributed by atoms with Crippen molar-refractivity contribution in [3.8, 4) is 0 Å².